The van der Waals surface area contributed by atoms with Crippen molar-refractivity contribution in [2.75, 3.05) is 6.54 Å². The fraction of sp³-hybridized carbons (Fsp3) is 0.304. The van der Waals surface area contributed by atoms with Gasteiger partial charge in [0.1, 0.15) is 11.9 Å². The average molecular weight is 405 g/mol. The molecule has 2 fully saturated rings. The van der Waals surface area contributed by atoms with Crippen molar-refractivity contribution >= 4 is 11.3 Å². The molecule has 2 aliphatic rings. The summed E-state index contributed by atoms with van der Waals surface area (Å²) in [6, 6.07) is 13.6. The number of nitriles is 1. The quantitative estimate of drug-likeness (QED) is 0.700. The van der Waals surface area contributed by atoms with Gasteiger partial charge < -0.3 is 5.73 Å². The maximum Gasteiger partial charge on any atom is 0.141 e. The number of aromatic nitrogens is 1. The minimum Gasteiger partial charge on any atom is -0.326 e. The molecule has 29 heavy (non-hydrogen) atoms. The highest BCUT2D eigenvalue weighted by Crippen LogP contribution is 2.41. The molecule has 0 amide bonds. The van der Waals surface area contributed by atoms with E-state index in [0.717, 1.165) is 41.1 Å². The molecule has 1 aliphatic carbocycles. The van der Waals surface area contributed by atoms with E-state index in [-0.39, 0.29) is 11.6 Å². The first-order valence-electron chi connectivity index (χ1n) is 9.84. The maximum atomic E-state index is 14.3. The van der Waals surface area contributed by atoms with Gasteiger partial charge in [-0.05, 0) is 47.6 Å². The third-order valence-electron chi connectivity index (χ3n) is 6.24. The van der Waals surface area contributed by atoms with Crippen LogP contribution in [0.4, 0.5) is 4.39 Å². The van der Waals surface area contributed by atoms with Crippen LogP contribution in [0.1, 0.15) is 24.0 Å². The first-order chi connectivity index (χ1) is 14.1. The molecule has 0 spiro atoms. The Labute approximate surface area is 173 Å². The summed E-state index contributed by atoms with van der Waals surface area (Å²) in [7, 11) is 0. The van der Waals surface area contributed by atoms with Gasteiger partial charge in [0.15, 0.2) is 0 Å². The summed E-state index contributed by atoms with van der Waals surface area (Å²) >= 11 is 1.58. The molecule has 2 aromatic carbocycles. The van der Waals surface area contributed by atoms with Gasteiger partial charge in [0.2, 0.25) is 0 Å². The van der Waals surface area contributed by atoms with Crippen LogP contribution in [-0.4, -0.2) is 28.5 Å². The number of nitrogens with zero attached hydrogens (tertiary/aromatic N) is 3. The molecule has 2 N–H and O–H groups in total. The standard InChI is InChI=1S/C23H21FN4S/c24-19-8-15(4-5-16(19)9-25)18-3-1-2-17(23(18)22-10-27-13-29-22)12-28-11-14-6-20(26)21(28)7-14/h1-5,8,10,13-14,20-21H,6-7,11-12,26H2/t14-,20-,21-/m1/s1. The van der Waals surface area contributed by atoms with E-state index in [1.807, 2.05) is 36.0 Å². The van der Waals surface area contributed by atoms with E-state index < -0.39 is 5.82 Å². The Kier molecular flexibility index (Phi) is 4.67. The zero-order valence-corrected chi connectivity index (χ0v) is 16.7. The first-order valence-corrected chi connectivity index (χ1v) is 10.7. The predicted molar refractivity (Wildman–Crippen MR) is 113 cm³/mol. The number of benzene rings is 2. The Balaban J connectivity index is 1.59. The summed E-state index contributed by atoms with van der Waals surface area (Å²) in [5.74, 6) is 0.214. The molecule has 0 radical (unpaired) electrons. The van der Waals surface area contributed by atoms with Gasteiger partial charge in [0, 0.05) is 36.9 Å². The van der Waals surface area contributed by atoms with Crippen LogP contribution in [-0.2, 0) is 6.54 Å². The number of piperidine rings is 1. The summed E-state index contributed by atoms with van der Waals surface area (Å²) in [6.07, 6.45) is 4.19. The smallest absolute Gasteiger partial charge is 0.141 e. The lowest BCUT2D eigenvalue weighted by Crippen LogP contribution is -2.45. The molecular weight excluding hydrogens is 383 g/mol. The molecule has 1 aliphatic heterocycles. The fourth-order valence-electron chi connectivity index (χ4n) is 4.97. The molecule has 1 saturated carbocycles. The van der Waals surface area contributed by atoms with Crippen molar-refractivity contribution in [3.8, 4) is 27.6 Å². The molecule has 5 rings (SSSR count). The number of halogens is 1. The number of hydrogen-bond acceptors (Lipinski definition) is 5. The molecule has 6 heteroatoms. The maximum absolute atomic E-state index is 14.3. The average Bonchev–Trinajstić information content (AvgIpc) is 3.45. The minimum absolute atomic E-state index is 0.0614. The second kappa shape index (κ2) is 7.34. The van der Waals surface area contributed by atoms with E-state index in [9.17, 15) is 4.39 Å². The Morgan fingerprint density at radius 2 is 2.17 bits per heavy atom. The number of likely N-dealkylation sites (tertiary alicyclic amines) is 1. The van der Waals surface area contributed by atoms with Crippen LogP contribution in [0.5, 0.6) is 0 Å². The minimum atomic E-state index is -0.492. The van der Waals surface area contributed by atoms with Gasteiger partial charge in [0.25, 0.3) is 0 Å². The highest BCUT2D eigenvalue weighted by Gasteiger charge is 2.43. The van der Waals surface area contributed by atoms with Crippen molar-refractivity contribution in [2.45, 2.75) is 31.5 Å². The van der Waals surface area contributed by atoms with E-state index in [1.54, 1.807) is 17.4 Å². The van der Waals surface area contributed by atoms with Crippen LogP contribution in [0.2, 0.25) is 0 Å². The zero-order valence-electron chi connectivity index (χ0n) is 15.9. The summed E-state index contributed by atoms with van der Waals surface area (Å²) < 4.78 is 14.3. The van der Waals surface area contributed by atoms with Crippen LogP contribution in [0.3, 0.4) is 0 Å². The van der Waals surface area contributed by atoms with Gasteiger partial charge >= 0.3 is 0 Å². The molecule has 1 aromatic heterocycles. The Morgan fingerprint density at radius 3 is 2.86 bits per heavy atom. The van der Waals surface area contributed by atoms with Crippen LogP contribution in [0.25, 0.3) is 21.6 Å². The number of fused-ring (bicyclic) bond motifs is 2. The summed E-state index contributed by atoms with van der Waals surface area (Å²) in [4.78, 5) is 7.83. The van der Waals surface area contributed by atoms with Crippen LogP contribution >= 0.6 is 11.3 Å². The number of hydrogen-bond donors (Lipinski definition) is 1. The van der Waals surface area contributed by atoms with Crippen LogP contribution in [0.15, 0.2) is 48.1 Å². The Morgan fingerprint density at radius 1 is 1.28 bits per heavy atom. The van der Waals surface area contributed by atoms with E-state index in [2.05, 4.69) is 16.0 Å². The molecule has 1 saturated heterocycles. The number of rotatable bonds is 4. The van der Waals surface area contributed by atoms with Crippen molar-refractivity contribution in [3.63, 3.8) is 0 Å². The largest absolute Gasteiger partial charge is 0.326 e. The Hall–Kier alpha value is -2.59. The highest BCUT2D eigenvalue weighted by molar-refractivity contribution is 7.13. The van der Waals surface area contributed by atoms with Gasteiger partial charge in [-0.15, -0.1) is 11.3 Å². The second-order valence-corrected chi connectivity index (χ2v) is 8.90. The van der Waals surface area contributed by atoms with E-state index in [4.69, 9.17) is 11.0 Å². The highest BCUT2D eigenvalue weighted by atomic mass is 32.1. The predicted octanol–water partition coefficient (Wildman–Crippen LogP) is 4.41. The van der Waals surface area contributed by atoms with Crippen LogP contribution in [0, 0.1) is 23.1 Å². The lowest BCUT2D eigenvalue weighted by molar-refractivity contribution is 0.185. The molecule has 3 atom stereocenters. The number of thiazole rings is 1. The van der Waals surface area contributed by atoms with Gasteiger partial charge in [-0.25, -0.2) is 4.39 Å². The third-order valence-corrected chi connectivity index (χ3v) is 7.03. The van der Waals surface area contributed by atoms with Crippen molar-refractivity contribution in [3.05, 3.63) is 65.0 Å². The monoisotopic (exact) mass is 404 g/mol. The van der Waals surface area contributed by atoms with Crippen LogP contribution < -0.4 is 5.73 Å². The Bertz CT molecular complexity index is 1090. The van der Waals surface area contributed by atoms with Gasteiger partial charge in [-0.2, -0.15) is 5.26 Å². The second-order valence-electron chi connectivity index (χ2n) is 8.01. The number of nitrogens with two attached hydrogens (primary N) is 1. The fourth-order valence-corrected chi connectivity index (χ4v) is 5.68. The zero-order chi connectivity index (χ0) is 20.0. The summed E-state index contributed by atoms with van der Waals surface area (Å²) in [5, 5.41) is 9.05. The summed E-state index contributed by atoms with van der Waals surface area (Å²) in [5.41, 5.74) is 12.3. The van der Waals surface area contributed by atoms with Crippen molar-refractivity contribution < 1.29 is 4.39 Å². The van der Waals surface area contributed by atoms with Gasteiger partial charge in [0.05, 0.1) is 16.0 Å². The van der Waals surface area contributed by atoms with E-state index in [1.165, 1.54) is 18.1 Å². The van der Waals surface area contributed by atoms with E-state index in [0.29, 0.717) is 12.0 Å². The lowest BCUT2D eigenvalue weighted by Gasteiger charge is -2.32. The normalized spacial score (nSPS) is 23.4. The molecular formula is C23H21FN4S. The van der Waals surface area contributed by atoms with Crippen molar-refractivity contribution in [1.29, 1.82) is 5.26 Å². The molecule has 2 bridgehead atoms. The first kappa shape index (κ1) is 18.4. The molecule has 2 heterocycles. The SMILES string of the molecule is N#Cc1ccc(-c2cccc(CN3C[C@@H]4C[C@@H](N)[C@H]3C4)c2-c2cncs2)cc1F. The van der Waals surface area contributed by atoms with Crippen molar-refractivity contribution in [2.24, 2.45) is 11.7 Å². The molecule has 146 valence electrons. The molecule has 3 aromatic rings. The lowest BCUT2D eigenvalue weighted by atomic mass is 9.93. The third kappa shape index (κ3) is 3.25. The molecule has 4 nitrogen and oxygen atoms in total. The van der Waals surface area contributed by atoms with Gasteiger partial charge in [-0.1, -0.05) is 24.3 Å². The van der Waals surface area contributed by atoms with Crippen molar-refractivity contribution in [1.82, 2.24) is 9.88 Å². The summed E-state index contributed by atoms with van der Waals surface area (Å²) in [6.45, 7) is 1.92. The topological polar surface area (TPSA) is 65.9 Å². The van der Waals surface area contributed by atoms with Gasteiger partial charge in [-0.3, -0.25) is 9.88 Å². The molecule has 0 unspecified atom stereocenters. The van der Waals surface area contributed by atoms with E-state index >= 15 is 0 Å².